The zero-order valence-electron chi connectivity index (χ0n) is 40.9. The summed E-state index contributed by atoms with van der Waals surface area (Å²) in [5, 5.41) is 0. The molecule has 8 nitrogen and oxygen atoms in total. The Balaban J connectivity index is 0.00000819. The van der Waals surface area contributed by atoms with Gasteiger partial charge in [0.2, 0.25) is 0 Å². The quantitative estimate of drug-likeness (QED) is 0.0480. The lowest BCUT2D eigenvalue weighted by Gasteiger charge is -2.23. The first-order valence-corrected chi connectivity index (χ1v) is 23.6. The predicted molar refractivity (Wildman–Crippen MR) is 268 cm³/mol. The molecule has 3 aromatic rings. The van der Waals surface area contributed by atoms with E-state index in [2.05, 4.69) is 143 Å². The molecule has 0 radical (unpaired) electrons. The molecule has 0 unspecified atom stereocenters. The van der Waals surface area contributed by atoms with Gasteiger partial charge in [0.1, 0.15) is 0 Å². The largest absolute Gasteiger partial charge is 0.355 e. The molecule has 0 spiro atoms. The SMILES string of the molecule is C[N+](C)(C)CCCCCc1c2nc(c(CCCCC[N+](C)(C)C)c3ccc([nH]3)c(CCCCC[N+](C)(C)C)c3ccc([nH]3)c(CCCCC[N+](C)(C)C)c3nc1C=C3)C=C2.Cl. The monoisotopic (exact) mass is 859 g/mol. The number of quaternary nitrogens is 4. The van der Waals surface area contributed by atoms with Crippen LogP contribution in [0.1, 0.15) is 122 Å². The third-order valence-electron chi connectivity index (χ3n) is 12.2. The second-order valence-corrected chi connectivity index (χ2v) is 22.2. The van der Waals surface area contributed by atoms with Gasteiger partial charge in [-0.1, -0.05) is 0 Å². The number of halogens is 1. The molecular formula is C52H87ClN8+4. The first kappa shape index (κ1) is 50.4. The minimum Gasteiger partial charge on any atom is -0.355 e. The van der Waals surface area contributed by atoms with Crippen LogP contribution in [0.15, 0.2) is 24.3 Å². The molecule has 61 heavy (non-hydrogen) atoms. The molecule has 2 aliphatic rings. The maximum atomic E-state index is 5.51. The van der Waals surface area contributed by atoms with Gasteiger partial charge in [-0.2, -0.15) is 0 Å². The zero-order valence-corrected chi connectivity index (χ0v) is 41.7. The molecule has 0 amide bonds. The summed E-state index contributed by atoms with van der Waals surface area (Å²) >= 11 is 0. The molecule has 0 aromatic carbocycles. The lowest BCUT2D eigenvalue weighted by Crippen LogP contribution is -2.35. The second kappa shape index (κ2) is 22.4. The van der Waals surface area contributed by atoms with Crippen LogP contribution in [0.5, 0.6) is 0 Å². The number of aryl methyl sites for hydroxylation is 3. The number of hydrogen-bond acceptors (Lipinski definition) is 2. The number of aromatic amines is 2. The Labute approximate surface area is 378 Å². The Bertz CT molecular complexity index is 1950. The van der Waals surface area contributed by atoms with E-state index in [0.717, 1.165) is 85.7 Å². The van der Waals surface area contributed by atoms with Crippen molar-refractivity contribution in [2.45, 2.75) is 103 Å². The average Bonchev–Trinajstić information content (AvgIpc) is 3.97. The number of nitrogens with zero attached hydrogens (tertiary/aromatic N) is 6. The van der Waals surface area contributed by atoms with E-state index in [0.29, 0.717) is 0 Å². The summed E-state index contributed by atoms with van der Waals surface area (Å²) in [5.74, 6) is 0. The Morgan fingerprint density at radius 1 is 0.328 bits per heavy atom. The van der Waals surface area contributed by atoms with Crippen molar-refractivity contribution < 1.29 is 17.9 Å². The molecule has 2 N–H and O–H groups in total. The smallest absolute Gasteiger partial charge is 0.0780 e. The van der Waals surface area contributed by atoms with E-state index in [4.69, 9.17) is 9.97 Å². The molecule has 0 atom stereocenters. The van der Waals surface area contributed by atoms with Crippen LogP contribution >= 0.6 is 12.4 Å². The maximum Gasteiger partial charge on any atom is 0.0780 e. The van der Waals surface area contributed by atoms with Gasteiger partial charge in [0, 0.05) is 38.8 Å². The molecule has 0 saturated carbocycles. The van der Waals surface area contributed by atoms with E-state index in [1.54, 1.807) is 0 Å². The average molecular weight is 860 g/mol. The number of H-pyrrole nitrogens is 2. The Hall–Kier alpha value is -3.27. The fraction of sp³-hybridized carbons (Fsp3) is 0.615. The minimum atomic E-state index is 0. The highest BCUT2D eigenvalue weighted by Gasteiger charge is 2.18. The van der Waals surface area contributed by atoms with Gasteiger partial charge in [-0.25, -0.2) is 9.97 Å². The number of nitrogens with one attached hydrogen (secondary N) is 2. The van der Waals surface area contributed by atoms with E-state index in [-0.39, 0.29) is 12.4 Å². The fourth-order valence-corrected chi connectivity index (χ4v) is 8.75. The van der Waals surface area contributed by atoms with E-state index in [9.17, 15) is 0 Å². The van der Waals surface area contributed by atoms with E-state index >= 15 is 0 Å². The first-order chi connectivity index (χ1) is 28.2. The van der Waals surface area contributed by atoms with Crippen LogP contribution in [0.25, 0.3) is 46.4 Å². The highest BCUT2D eigenvalue weighted by molar-refractivity contribution is 5.85. The lowest BCUT2D eigenvalue weighted by atomic mass is 10.0. The van der Waals surface area contributed by atoms with Crippen molar-refractivity contribution in [3.8, 4) is 0 Å². The maximum absolute atomic E-state index is 5.51. The first-order valence-electron chi connectivity index (χ1n) is 23.6. The lowest BCUT2D eigenvalue weighted by molar-refractivity contribution is -0.870. The summed E-state index contributed by atoms with van der Waals surface area (Å²) in [4.78, 5) is 19.0. The summed E-state index contributed by atoms with van der Waals surface area (Å²) in [6.45, 7) is 4.79. The summed E-state index contributed by atoms with van der Waals surface area (Å²) in [5.41, 5.74) is 14.6. The van der Waals surface area contributed by atoms with Gasteiger partial charge in [0.25, 0.3) is 0 Å². The van der Waals surface area contributed by atoms with Gasteiger partial charge in [-0.15, -0.1) is 12.4 Å². The third kappa shape index (κ3) is 16.7. The summed E-state index contributed by atoms with van der Waals surface area (Å²) < 4.78 is 4.06. The van der Waals surface area contributed by atoms with Crippen molar-refractivity contribution in [2.24, 2.45) is 0 Å². The normalized spacial score (nSPS) is 13.3. The molecule has 2 aliphatic heterocycles. The zero-order chi connectivity index (χ0) is 43.6. The summed E-state index contributed by atoms with van der Waals surface area (Å²) in [7, 11) is 27.6. The molecule has 338 valence electrons. The van der Waals surface area contributed by atoms with Crippen LogP contribution < -0.4 is 0 Å². The molecule has 3 aromatic heterocycles. The molecule has 0 saturated heterocycles. The van der Waals surface area contributed by atoms with E-state index in [1.807, 2.05) is 0 Å². The van der Waals surface area contributed by atoms with Crippen LogP contribution in [0, 0.1) is 0 Å². The number of aromatic nitrogens is 4. The Morgan fingerprint density at radius 2 is 0.574 bits per heavy atom. The van der Waals surface area contributed by atoms with Crippen molar-refractivity contribution in [3.05, 3.63) is 69.3 Å². The van der Waals surface area contributed by atoms with Gasteiger partial charge >= 0.3 is 0 Å². The number of hydrogen-bond donors (Lipinski definition) is 2. The third-order valence-corrected chi connectivity index (χ3v) is 12.2. The van der Waals surface area contributed by atoms with Crippen LogP contribution in [0.4, 0.5) is 0 Å². The van der Waals surface area contributed by atoms with Crippen LogP contribution in [0.2, 0.25) is 0 Å². The number of unbranched alkanes of at least 4 members (excludes halogenated alkanes) is 8. The summed E-state index contributed by atoms with van der Waals surface area (Å²) in [6.07, 6.45) is 27.6. The van der Waals surface area contributed by atoms with E-state index < -0.39 is 0 Å². The molecule has 5 rings (SSSR count). The number of fused-ring (bicyclic) bond motifs is 8. The highest BCUT2D eigenvalue weighted by Crippen LogP contribution is 2.30. The summed E-state index contributed by atoms with van der Waals surface area (Å²) in [6, 6.07) is 9.35. The van der Waals surface area contributed by atoms with Gasteiger partial charge < -0.3 is 27.9 Å². The van der Waals surface area contributed by atoms with E-state index in [1.165, 1.54) is 128 Å². The number of rotatable bonds is 24. The second-order valence-electron chi connectivity index (χ2n) is 22.2. The van der Waals surface area contributed by atoms with Crippen molar-refractivity contribution in [2.75, 3.05) is 111 Å². The van der Waals surface area contributed by atoms with Gasteiger partial charge in [-0.3, -0.25) is 0 Å². The Kier molecular flexibility index (Phi) is 18.5. The molecule has 0 fully saturated rings. The standard InChI is InChI=1S/C52H86N8.ClH/c1-57(2,3)37-21-13-17-25-41-45-29-31-47(53-45)42(26-18-14-22-38-58(4,5)6)49-33-35-51(55-49)44(28-20-16-24-40-60(10,11)12)52-36-34-50(56-52)43(48-32-30-46(41)54-48)27-19-15-23-39-59(7,8)9;/h29-36,53-54H,13-28,37-40H2,1-12H3;1H/q+4;. The van der Waals surface area contributed by atoms with Gasteiger partial charge in [0.15, 0.2) is 0 Å². The minimum absolute atomic E-state index is 0. The van der Waals surface area contributed by atoms with Gasteiger partial charge in [-0.05, 0) is 157 Å². The van der Waals surface area contributed by atoms with Crippen LogP contribution in [0.3, 0.4) is 0 Å². The Morgan fingerprint density at radius 3 is 0.869 bits per heavy atom. The fourth-order valence-electron chi connectivity index (χ4n) is 8.75. The topological polar surface area (TPSA) is 57.4 Å². The predicted octanol–water partition coefficient (Wildman–Crippen LogP) is 10.8. The van der Waals surface area contributed by atoms with Crippen molar-refractivity contribution in [3.63, 3.8) is 0 Å². The molecular weight excluding hydrogens is 772 g/mol. The highest BCUT2D eigenvalue weighted by atomic mass is 35.5. The molecule has 0 aliphatic carbocycles. The van der Waals surface area contributed by atoms with Crippen molar-refractivity contribution in [1.29, 1.82) is 0 Å². The van der Waals surface area contributed by atoms with Crippen molar-refractivity contribution in [1.82, 2.24) is 19.9 Å². The van der Waals surface area contributed by atoms with Crippen LogP contribution in [-0.4, -0.2) is 149 Å². The van der Waals surface area contributed by atoms with Crippen molar-refractivity contribution >= 4 is 58.8 Å². The molecule has 9 heteroatoms. The molecule has 8 bridgehead atoms. The molecule has 5 heterocycles. The van der Waals surface area contributed by atoms with Gasteiger partial charge in [0.05, 0.1) is 134 Å². The van der Waals surface area contributed by atoms with Crippen LogP contribution in [-0.2, 0) is 25.7 Å².